The Hall–Kier alpha value is -0.780. The van der Waals surface area contributed by atoms with Gasteiger partial charge < -0.3 is 0 Å². The van der Waals surface area contributed by atoms with Gasteiger partial charge in [0.1, 0.15) is 0 Å². The first-order valence-corrected chi connectivity index (χ1v) is 7.62. The Morgan fingerprint density at radius 2 is 1.89 bits per heavy atom. The van der Waals surface area contributed by atoms with Crippen LogP contribution in [-0.2, 0) is 0 Å². The van der Waals surface area contributed by atoms with E-state index in [2.05, 4.69) is 45.1 Å². The summed E-state index contributed by atoms with van der Waals surface area (Å²) in [7, 11) is 0. The van der Waals surface area contributed by atoms with Crippen LogP contribution in [0.2, 0.25) is 0 Å². The molecule has 0 heterocycles. The predicted octanol–water partition coefficient (Wildman–Crippen LogP) is 5.67. The van der Waals surface area contributed by atoms with Gasteiger partial charge in [-0.05, 0) is 77.0 Å². The molecular formula is C18H28. The zero-order valence-corrected chi connectivity index (χ0v) is 12.3. The second-order valence-corrected chi connectivity index (χ2v) is 6.49. The largest absolute Gasteiger partial charge is 0.0856 e. The van der Waals surface area contributed by atoms with Crippen molar-refractivity contribution in [3.63, 3.8) is 0 Å². The normalized spacial score (nSPS) is 29.9. The van der Waals surface area contributed by atoms with Crippen LogP contribution < -0.4 is 0 Å². The second kappa shape index (κ2) is 6.41. The molecule has 0 saturated heterocycles. The quantitative estimate of drug-likeness (QED) is 0.528. The van der Waals surface area contributed by atoms with E-state index in [0.717, 1.165) is 17.8 Å². The standard InChI is InChI=1S/C18H28/c1-14(2)6-4-7-15(3)8-5-9-17-12-16-10-11-18(17)13-16/h6,8,10-11,16-18H,4-5,7,9,12-13H2,1-3H3/b15-8+. The molecular weight excluding hydrogens is 216 g/mol. The van der Waals surface area contributed by atoms with Crippen molar-refractivity contribution in [1.82, 2.24) is 0 Å². The van der Waals surface area contributed by atoms with E-state index in [-0.39, 0.29) is 0 Å². The van der Waals surface area contributed by atoms with Gasteiger partial charge >= 0.3 is 0 Å². The van der Waals surface area contributed by atoms with E-state index in [9.17, 15) is 0 Å². The Kier molecular flexibility index (Phi) is 4.86. The van der Waals surface area contributed by atoms with Gasteiger partial charge in [0.2, 0.25) is 0 Å². The minimum Gasteiger partial charge on any atom is -0.0856 e. The highest BCUT2D eigenvalue weighted by Crippen LogP contribution is 2.45. The van der Waals surface area contributed by atoms with Crippen molar-refractivity contribution in [2.45, 2.75) is 59.3 Å². The molecule has 0 nitrogen and oxygen atoms in total. The first kappa shape index (κ1) is 13.6. The lowest BCUT2D eigenvalue weighted by molar-refractivity contribution is 0.419. The highest BCUT2D eigenvalue weighted by Gasteiger charge is 2.34. The summed E-state index contributed by atoms with van der Waals surface area (Å²) < 4.78 is 0. The average Bonchev–Trinajstić information content (AvgIpc) is 2.90. The van der Waals surface area contributed by atoms with Crippen molar-refractivity contribution in [2.24, 2.45) is 17.8 Å². The van der Waals surface area contributed by atoms with Crippen molar-refractivity contribution in [3.05, 3.63) is 35.5 Å². The van der Waals surface area contributed by atoms with E-state index < -0.39 is 0 Å². The van der Waals surface area contributed by atoms with E-state index in [0.29, 0.717) is 0 Å². The fraction of sp³-hybridized carbons (Fsp3) is 0.667. The molecule has 0 aliphatic heterocycles. The van der Waals surface area contributed by atoms with Crippen LogP contribution in [0.25, 0.3) is 0 Å². The average molecular weight is 244 g/mol. The molecule has 0 N–H and O–H groups in total. The Labute approximate surface area is 113 Å². The molecule has 1 fully saturated rings. The van der Waals surface area contributed by atoms with Crippen LogP contribution in [0.15, 0.2) is 35.5 Å². The van der Waals surface area contributed by atoms with Gasteiger partial charge in [-0.3, -0.25) is 0 Å². The Morgan fingerprint density at radius 1 is 1.06 bits per heavy atom. The first-order chi connectivity index (χ1) is 8.65. The van der Waals surface area contributed by atoms with E-state index in [1.807, 2.05) is 0 Å². The number of hydrogen-bond acceptors (Lipinski definition) is 0. The lowest BCUT2D eigenvalue weighted by atomic mass is 9.89. The maximum atomic E-state index is 2.48. The molecule has 0 aromatic heterocycles. The van der Waals surface area contributed by atoms with Gasteiger partial charge in [0.05, 0.1) is 0 Å². The zero-order chi connectivity index (χ0) is 13.0. The summed E-state index contributed by atoms with van der Waals surface area (Å²) >= 11 is 0. The van der Waals surface area contributed by atoms with Crippen LogP contribution >= 0.6 is 0 Å². The molecule has 3 unspecified atom stereocenters. The smallest absolute Gasteiger partial charge is 0.0199 e. The number of rotatable bonds is 6. The minimum absolute atomic E-state index is 0.925. The van der Waals surface area contributed by atoms with E-state index in [1.165, 1.54) is 44.1 Å². The zero-order valence-electron chi connectivity index (χ0n) is 12.3. The summed E-state index contributed by atoms with van der Waals surface area (Å²) in [5, 5.41) is 0. The molecule has 3 atom stereocenters. The highest BCUT2D eigenvalue weighted by atomic mass is 14.4. The van der Waals surface area contributed by atoms with Gasteiger partial charge in [0.15, 0.2) is 0 Å². The first-order valence-electron chi connectivity index (χ1n) is 7.62. The highest BCUT2D eigenvalue weighted by molar-refractivity contribution is 5.10. The van der Waals surface area contributed by atoms with Gasteiger partial charge in [-0.15, -0.1) is 0 Å². The van der Waals surface area contributed by atoms with Crippen LogP contribution in [0.5, 0.6) is 0 Å². The molecule has 2 aliphatic rings. The molecule has 0 aromatic rings. The fourth-order valence-corrected chi connectivity index (χ4v) is 3.46. The molecule has 18 heavy (non-hydrogen) atoms. The third kappa shape index (κ3) is 3.86. The summed E-state index contributed by atoms with van der Waals surface area (Å²) in [6, 6.07) is 0. The summed E-state index contributed by atoms with van der Waals surface area (Å²) in [6.45, 7) is 6.66. The lowest BCUT2D eigenvalue weighted by Crippen LogP contribution is -2.06. The summed E-state index contributed by atoms with van der Waals surface area (Å²) in [5.74, 6) is 2.85. The number of allylic oxidation sites excluding steroid dienone is 6. The van der Waals surface area contributed by atoms with Crippen LogP contribution in [0, 0.1) is 17.8 Å². The molecule has 0 aromatic carbocycles. The maximum Gasteiger partial charge on any atom is -0.0199 e. The summed E-state index contributed by atoms with van der Waals surface area (Å²) in [4.78, 5) is 0. The van der Waals surface area contributed by atoms with Crippen molar-refractivity contribution < 1.29 is 0 Å². The van der Waals surface area contributed by atoms with Crippen LogP contribution in [0.3, 0.4) is 0 Å². The second-order valence-electron chi connectivity index (χ2n) is 6.49. The van der Waals surface area contributed by atoms with Gasteiger partial charge in [0.25, 0.3) is 0 Å². The molecule has 100 valence electrons. The molecule has 0 amide bonds. The molecule has 2 bridgehead atoms. The summed E-state index contributed by atoms with van der Waals surface area (Å²) in [6.07, 6.45) is 17.8. The molecule has 0 heteroatoms. The van der Waals surface area contributed by atoms with Gasteiger partial charge in [-0.2, -0.15) is 0 Å². The Balaban J connectivity index is 1.65. The maximum absolute atomic E-state index is 2.48. The monoisotopic (exact) mass is 244 g/mol. The van der Waals surface area contributed by atoms with Gasteiger partial charge in [-0.25, -0.2) is 0 Å². The van der Waals surface area contributed by atoms with E-state index >= 15 is 0 Å². The Bertz CT molecular complexity index is 352. The SMILES string of the molecule is CC(C)=CCC/C(C)=C/CCC1CC2C=CC1C2. The van der Waals surface area contributed by atoms with Gasteiger partial charge in [0, 0.05) is 0 Å². The molecule has 0 radical (unpaired) electrons. The topological polar surface area (TPSA) is 0 Å². The number of fused-ring (bicyclic) bond motifs is 2. The third-order valence-corrected chi connectivity index (χ3v) is 4.54. The van der Waals surface area contributed by atoms with E-state index in [1.54, 1.807) is 5.57 Å². The van der Waals surface area contributed by atoms with Crippen molar-refractivity contribution in [3.8, 4) is 0 Å². The number of hydrogen-bond donors (Lipinski definition) is 0. The van der Waals surface area contributed by atoms with Crippen LogP contribution in [0.4, 0.5) is 0 Å². The van der Waals surface area contributed by atoms with Crippen LogP contribution in [-0.4, -0.2) is 0 Å². The minimum atomic E-state index is 0.925. The van der Waals surface area contributed by atoms with Gasteiger partial charge in [-0.1, -0.05) is 35.5 Å². The predicted molar refractivity (Wildman–Crippen MR) is 80.5 cm³/mol. The lowest BCUT2D eigenvalue weighted by Gasteiger charge is -2.16. The molecule has 2 aliphatic carbocycles. The van der Waals surface area contributed by atoms with Crippen LogP contribution in [0.1, 0.15) is 59.3 Å². The third-order valence-electron chi connectivity index (χ3n) is 4.54. The molecule has 2 rings (SSSR count). The van der Waals surface area contributed by atoms with Crippen molar-refractivity contribution in [1.29, 1.82) is 0 Å². The van der Waals surface area contributed by atoms with Crippen molar-refractivity contribution >= 4 is 0 Å². The van der Waals surface area contributed by atoms with Crippen molar-refractivity contribution in [2.75, 3.05) is 0 Å². The Morgan fingerprint density at radius 3 is 2.50 bits per heavy atom. The fourth-order valence-electron chi connectivity index (χ4n) is 3.46. The molecule has 1 saturated carbocycles. The van der Waals surface area contributed by atoms with E-state index in [4.69, 9.17) is 0 Å². The summed E-state index contributed by atoms with van der Waals surface area (Å²) in [5.41, 5.74) is 3.02. The molecule has 0 spiro atoms.